The van der Waals surface area contributed by atoms with E-state index in [1.54, 1.807) is 12.4 Å². The molecule has 2 aromatic rings. The smallest absolute Gasteiger partial charge is 0.223 e. The van der Waals surface area contributed by atoms with Crippen LogP contribution in [0.4, 0.5) is 5.69 Å². The number of nitrogens with one attached hydrogen (secondary N) is 1. The van der Waals surface area contributed by atoms with Crippen LogP contribution in [0.3, 0.4) is 0 Å². The minimum Gasteiger partial charge on any atom is -0.370 e. The lowest BCUT2D eigenvalue weighted by molar-refractivity contribution is -0.125. The predicted molar refractivity (Wildman–Crippen MR) is 92.5 cm³/mol. The zero-order chi connectivity index (χ0) is 16.1. The summed E-state index contributed by atoms with van der Waals surface area (Å²) in [5, 5.41) is 3.71. The second-order valence-corrected chi connectivity index (χ2v) is 6.20. The van der Waals surface area contributed by atoms with Crippen LogP contribution in [-0.2, 0) is 11.3 Å². The number of aromatic nitrogens is 1. The van der Waals surface area contributed by atoms with Crippen molar-refractivity contribution in [1.82, 2.24) is 10.3 Å². The standard InChI is InChI=1S/C18H20ClN3O/c19-16-13-20-9-6-17(16)22-10-7-15(8-11-22)18(23)21-12-14-4-2-1-3-5-14/h1-6,9,13,15H,7-8,10-12H2,(H,21,23). The Morgan fingerprint density at radius 1 is 1.22 bits per heavy atom. The molecule has 0 radical (unpaired) electrons. The van der Waals surface area contributed by atoms with Crippen molar-refractivity contribution in [2.24, 2.45) is 5.92 Å². The van der Waals surface area contributed by atoms with Crippen LogP contribution in [0.2, 0.25) is 5.02 Å². The van der Waals surface area contributed by atoms with Crippen LogP contribution in [-0.4, -0.2) is 24.0 Å². The van der Waals surface area contributed by atoms with E-state index < -0.39 is 0 Å². The molecule has 1 amide bonds. The number of piperidine rings is 1. The summed E-state index contributed by atoms with van der Waals surface area (Å²) in [6, 6.07) is 11.9. The van der Waals surface area contributed by atoms with Crippen molar-refractivity contribution in [1.29, 1.82) is 0 Å². The Morgan fingerprint density at radius 3 is 2.65 bits per heavy atom. The van der Waals surface area contributed by atoms with E-state index in [4.69, 9.17) is 11.6 Å². The molecule has 0 unspecified atom stereocenters. The molecular weight excluding hydrogens is 310 g/mol. The van der Waals surface area contributed by atoms with Crippen molar-refractivity contribution in [2.75, 3.05) is 18.0 Å². The molecule has 2 heterocycles. The SMILES string of the molecule is O=C(NCc1ccccc1)C1CCN(c2ccncc2Cl)CC1. The van der Waals surface area contributed by atoms with Crippen molar-refractivity contribution in [3.8, 4) is 0 Å². The molecule has 0 spiro atoms. The lowest BCUT2D eigenvalue weighted by Crippen LogP contribution is -2.40. The molecule has 1 fully saturated rings. The molecule has 120 valence electrons. The van der Waals surface area contributed by atoms with E-state index in [1.165, 1.54) is 0 Å². The fourth-order valence-corrected chi connectivity index (χ4v) is 3.18. The molecule has 4 nitrogen and oxygen atoms in total. The van der Waals surface area contributed by atoms with E-state index >= 15 is 0 Å². The third-order valence-corrected chi connectivity index (χ3v) is 4.56. The number of anilines is 1. The monoisotopic (exact) mass is 329 g/mol. The zero-order valence-corrected chi connectivity index (χ0v) is 13.7. The third-order valence-electron chi connectivity index (χ3n) is 4.27. The fraction of sp³-hybridized carbons (Fsp3) is 0.333. The van der Waals surface area contributed by atoms with Gasteiger partial charge in [-0.15, -0.1) is 0 Å². The molecular formula is C18H20ClN3O. The summed E-state index contributed by atoms with van der Waals surface area (Å²) in [5.74, 6) is 0.227. The van der Waals surface area contributed by atoms with E-state index in [1.807, 2.05) is 36.4 Å². The maximum Gasteiger partial charge on any atom is 0.223 e. The maximum atomic E-state index is 12.3. The van der Waals surface area contributed by atoms with Gasteiger partial charge in [0, 0.05) is 37.9 Å². The number of amides is 1. The molecule has 5 heteroatoms. The molecule has 0 bridgehead atoms. The van der Waals surface area contributed by atoms with Gasteiger partial charge in [0.15, 0.2) is 0 Å². The van der Waals surface area contributed by atoms with Gasteiger partial charge >= 0.3 is 0 Å². The summed E-state index contributed by atoms with van der Waals surface area (Å²) in [6.45, 7) is 2.27. The van der Waals surface area contributed by atoms with Crippen molar-refractivity contribution in [2.45, 2.75) is 19.4 Å². The summed E-state index contributed by atoms with van der Waals surface area (Å²) in [6.07, 6.45) is 5.11. The second kappa shape index (κ2) is 7.47. The highest BCUT2D eigenvalue weighted by Gasteiger charge is 2.25. The molecule has 3 rings (SSSR count). The number of hydrogen-bond acceptors (Lipinski definition) is 3. The number of carbonyl (C=O) groups is 1. The lowest BCUT2D eigenvalue weighted by atomic mass is 9.95. The minimum absolute atomic E-state index is 0.0792. The largest absolute Gasteiger partial charge is 0.370 e. The van der Waals surface area contributed by atoms with E-state index in [0.29, 0.717) is 11.6 Å². The van der Waals surface area contributed by atoms with Gasteiger partial charge in [-0.2, -0.15) is 0 Å². The summed E-state index contributed by atoms with van der Waals surface area (Å²) in [4.78, 5) is 18.6. The van der Waals surface area contributed by atoms with Gasteiger partial charge < -0.3 is 10.2 Å². The van der Waals surface area contributed by atoms with Crippen LogP contribution in [0.5, 0.6) is 0 Å². The molecule has 1 aliphatic heterocycles. The summed E-state index contributed by atoms with van der Waals surface area (Å²) < 4.78 is 0. The molecule has 0 aliphatic carbocycles. The van der Waals surface area contributed by atoms with Crippen LogP contribution < -0.4 is 10.2 Å². The highest BCUT2D eigenvalue weighted by atomic mass is 35.5. The molecule has 1 saturated heterocycles. The second-order valence-electron chi connectivity index (χ2n) is 5.79. The fourth-order valence-electron chi connectivity index (χ4n) is 2.94. The highest BCUT2D eigenvalue weighted by Crippen LogP contribution is 2.28. The number of hydrogen-bond donors (Lipinski definition) is 1. The molecule has 1 aromatic heterocycles. The van der Waals surface area contributed by atoms with Crippen LogP contribution in [0.25, 0.3) is 0 Å². The number of rotatable bonds is 4. The molecule has 1 N–H and O–H groups in total. The van der Waals surface area contributed by atoms with Crippen LogP contribution in [0.1, 0.15) is 18.4 Å². The van der Waals surface area contributed by atoms with Gasteiger partial charge in [0.1, 0.15) is 0 Å². The quantitative estimate of drug-likeness (QED) is 0.936. The molecule has 0 saturated carbocycles. The van der Waals surface area contributed by atoms with Gasteiger partial charge in [0.25, 0.3) is 0 Å². The van der Waals surface area contributed by atoms with Crippen LogP contribution in [0, 0.1) is 5.92 Å². The Hall–Kier alpha value is -2.07. The first-order chi connectivity index (χ1) is 11.2. The van der Waals surface area contributed by atoms with Gasteiger partial charge in [0.2, 0.25) is 5.91 Å². The van der Waals surface area contributed by atoms with E-state index in [9.17, 15) is 4.79 Å². The average Bonchev–Trinajstić information content (AvgIpc) is 2.61. The molecule has 1 aliphatic rings. The average molecular weight is 330 g/mol. The van der Waals surface area contributed by atoms with Gasteiger partial charge in [-0.05, 0) is 24.5 Å². The third kappa shape index (κ3) is 4.02. The lowest BCUT2D eigenvalue weighted by Gasteiger charge is -2.33. The first kappa shape index (κ1) is 15.8. The highest BCUT2D eigenvalue weighted by molar-refractivity contribution is 6.33. The van der Waals surface area contributed by atoms with Gasteiger partial charge in [0.05, 0.1) is 10.7 Å². The maximum absolute atomic E-state index is 12.3. The summed E-state index contributed by atoms with van der Waals surface area (Å²) in [7, 11) is 0. The Balaban J connectivity index is 1.50. The first-order valence-corrected chi connectivity index (χ1v) is 8.28. The first-order valence-electron chi connectivity index (χ1n) is 7.90. The topological polar surface area (TPSA) is 45.2 Å². The Morgan fingerprint density at radius 2 is 1.96 bits per heavy atom. The molecule has 1 aromatic carbocycles. The Labute approximate surface area is 141 Å². The van der Waals surface area contributed by atoms with Crippen molar-refractivity contribution < 1.29 is 4.79 Å². The van der Waals surface area contributed by atoms with E-state index in [-0.39, 0.29) is 11.8 Å². The predicted octanol–water partition coefficient (Wildman–Crippen LogP) is 3.27. The molecule has 0 atom stereocenters. The Bertz CT molecular complexity index is 654. The number of carbonyl (C=O) groups excluding carboxylic acids is 1. The summed E-state index contributed by atoms with van der Waals surface area (Å²) >= 11 is 6.19. The number of halogens is 1. The van der Waals surface area contributed by atoms with Gasteiger partial charge in [-0.1, -0.05) is 41.9 Å². The number of benzene rings is 1. The van der Waals surface area contributed by atoms with Crippen molar-refractivity contribution in [3.63, 3.8) is 0 Å². The van der Waals surface area contributed by atoms with E-state index in [2.05, 4.69) is 15.2 Å². The van der Waals surface area contributed by atoms with Gasteiger partial charge in [-0.25, -0.2) is 0 Å². The Kier molecular flexibility index (Phi) is 5.13. The van der Waals surface area contributed by atoms with Gasteiger partial charge in [-0.3, -0.25) is 9.78 Å². The van der Waals surface area contributed by atoms with Crippen molar-refractivity contribution >= 4 is 23.2 Å². The van der Waals surface area contributed by atoms with E-state index in [0.717, 1.165) is 37.2 Å². The summed E-state index contributed by atoms with van der Waals surface area (Å²) in [5.41, 5.74) is 2.13. The van der Waals surface area contributed by atoms with Crippen molar-refractivity contribution in [3.05, 3.63) is 59.4 Å². The number of pyridine rings is 1. The minimum atomic E-state index is 0.0792. The zero-order valence-electron chi connectivity index (χ0n) is 12.9. The molecule has 23 heavy (non-hydrogen) atoms. The van der Waals surface area contributed by atoms with Crippen LogP contribution >= 0.6 is 11.6 Å². The normalized spacial score (nSPS) is 15.4. The number of nitrogens with zero attached hydrogens (tertiary/aromatic N) is 2. The van der Waals surface area contributed by atoms with Crippen LogP contribution in [0.15, 0.2) is 48.8 Å².